The summed E-state index contributed by atoms with van der Waals surface area (Å²) < 4.78 is 19.1. The van der Waals surface area contributed by atoms with Crippen LogP contribution in [0.3, 0.4) is 0 Å². The van der Waals surface area contributed by atoms with Crippen molar-refractivity contribution in [2.24, 2.45) is 0 Å². The molecule has 0 aliphatic carbocycles. The Morgan fingerprint density at radius 3 is 2.83 bits per heavy atom. The van der Waals surface area contributed by atoms with Crippen LogP contribution in [-0.2, 0) is 19.5 Å². The second-order valence-corrected chi connectivity index (χ2v) is 7.48. The van der Waals surface area contributed by atoms with E-state index in [9.17, 15) is 9.18 Å². The quantitative estimate of drug-likeness (QED) is 0.528. The van der Waals surface area contributed by atoms with E-state index in [2.05, 4.69) is 9.88 Å². The number of nitrogens with zero attached hydrogens (tertiary/aromatic N) is 3. The van der Waals surface area contributed by atoms with Crippen molar-refractivity contribution in [2.75, 3.05) is 12.3 Å². The maximum atomic E-state index is 13.5. The topological polar surface area (TPSA) is 85.2 Å². The van der Waals surface area contributed by atoms with E-state index in [1.165, 1.54) is 24.5 Å². The number of rotatable bonds is 3. The summed E-state index contributed by atoms with van der Waals surface area (Å²) in [7, 11) is 0. The Hall–Kier alpha value is -3.58. The molecular formula is C23H19FN4O2. The highest BCUT2D eigenvalue weighted by atomic mass is 19.1. The summed E-state index contributed by atoms with van der Waals surface area (Å²) >= 11 is 0. The van der Waals surface area contributed by atoms with Gasteiger partial charge in [0, 0.05) is 54.6 Å². The van der Waals surface area contributed by atoms with E-state index < -0.39 is 5.82 Å². The number of aromatic nitrogens is 2. The number of fused-ring (bicyclic) bond motifs is 2. The van der Waals surface area contributed by atoms with Crippen LogP contribution < -0.4 is 11.2 Å². The van der Waals surface area contributed by atoms with Crippen LogP contribution in [0.1, 0.15) is 16.8 Å². The lowest BCUT2D eigenvalue weighted by Gasteiger charge is -2.27. The highest BCUT2D eigenvalue weighted by Crippen LogP contribution is 2.23. The van der Waals surface area contributed by atoms with Crippen LogP contribution in [0.2, 0.25) is 0 Å². The second-order valence-electron chi connectivity index (χ2n) is 7.48. The molecule has 4 aromatic rings. The molecule has 2 aromatic heterocycles. The zero-order valence-electron chi connectivity index (χ0n) is 16.1. The Kier molecular flexibility index (Phi) is 4.52. The van der Waals surface area contributed by atoms with E-state index in [0.717, 1.165) is 29.8 Å². The van der Waals surface area contributed by atoms with Crippen LogP contribution in [0.4, 0.5) is 10.1 Å². The molecule has 150 valence electrons. The van der Waals surface area contributed by atoms with Crippen LogP contribution in [0.15, 0.2) is 64.1 Å². The zero-order chi connectivity index (χ0) is 20.7. The van der Waals surface area contributed by atoms with Crippen molar-refractivity contribution in [3.8, 4) is 11.4 Å². The van der Waals surface area contributed by atoms with Gasteiger partial charge in [0.2, 0.25) is 0 Å². The Morgan fingerprint density at radius 2 is 2.00 bits per heavy atom. The van der Waals surface area contributed by atoms with E-state index in [1.807, 2.05) is 30.5 Å². The summed E-state index contributed by atoms with van der Waals surface area (Å²) in [5.41, 5.74) is 10.1. The first-order valence-electron chi connectivity index (χ1n) is 9.70. The lowest BCUT2D eigenvalue weighted by atomic mass is 10.1. The van der Waals surface area contributed by atoms with Gasteiger partial charge in [0.05, 0.1) is 17.3 Å². The first-order chi connectivity index (χ1) is 14.6. The normalized spacial score (nSPS) is 14.0. The van der Waals surface area contributed by atoms with Crippen molar-refractivity contribution in [3.05, 3.63) is 87.8 Å². The number of hydrogen-bond donors (Lipinski definition) is 1. The average Bonchev–Trinajstić information content (AvgIpc) is 2.76. The van der Waals surface area contributed by atoms with Gasteiger partial charge in [0.15, 0.2) is 11.3 Å². The van der Waals surface area contributed by atoms with Gasteiger partial charge >= 0.3 is 0 Å². The number of halogens is 1. The Balaban J connectivity index is 1.37. The molecule has 0 unspecified atom stereocenters. The molecular weight excluding hydrogens is 383 g/mol. The fraction of sp³-hybridized carbons (Fsp3) is 0.174. The van der Waals surface area contributed by atoms with E-state index in [0.29, 0.717) is 35.7 Å². The molecule has 2 aromatic carbocycles. The standard InChI is InChI=1S/C23H19FN4O2/c24-17-3-6-21-19(9-17)22(29)16(13-30-21)12-28-8-7-20-15(11-28)10-26-23(27-20)14-1-4-18(25)5-2-14/h1-6,9-10,13H,7-8,11-12,25H2. The predicted molar refractivity (Wildman–Crippen MR) is 112 cm³/mol. The Morgan fingerprint density at radius 1 is 1.17 bits per heavy atom. The third-order valence-corrected chi connectivity index (χ3v) is 5.38. The zero-order valence-corrected chi connectivity index (χ0v) is 16.1. The molecule has 0 fully saturated rings. The number of anilines is 1. The van der Waals surface area contributed by atoms with Crippen LogP contribution in [0.25, 0.3) is 22.4 Å². The maximum absolute atomic E-state index is 13.5. The third kappa shape index (κ3) is 3.44. The summed E-state index contributed by atoms with van der Waals surface area (Å²) in [6, 6.07) is 11.5. The summed E-state index contributed by atoms with van der Waals surface area (Å²) in [4.78, 5) is 24.1. The van der Waals surface area contributed by atoms with Crippen LogP contribution >= 0.6 is 0 Å². The molecule has 0 saturated heterocycles. The minimum atomic E-state index is -0.451. The van der Waals surface area contributed by atoms with E-state index in [1.54, 1.807) is 0 Å². The van der Waals surface area contributed by atoms with Gasteiger partial charge in [-0.05, 0) is 42.5 Å². The van der Waals surface area contributed by atoms with Gasteiger partial charge in [-0.1, -0.05) is 0 Å². The summed E-state index contributed by atoms with van der Waals surface area (Å²) in [6.07, 6.45) is 4.07. The van der Waals surface area contributed by atoms with Gasteiger partial charge in [0.1, 0.15) is 11.4 Å². The molecule has 7 heteroatoms. The highest BCUT2D eigenvalue weighted by Gasteiger charge is 2.20. The molecule has 1 aliphatic rings. The summed E-state index contributed by atoms with van der Waals surface area (Å²) in [5.74, 6) is 0.229. The van der Waals surface area contributed by atoms with Gasteiger partial charge in [-0.2, -0.15) is 0 Å². The highest BCUT2D eigenvalue weighted by molar-refractivity contribution is 5.76. The van der Waals surface area contributed by atoms with Crippen LogP contribution in [-0.4, -0.2) is 21.4 Å². The molecule has 5 rings (SSSR count). The molecule has 0 saturated carbocycles. The van der Waals surface area contributed by atoms with Crippen molar-refractivity contribution in [1.82, 2.24) is 14.9 Å². The molecule has 0 amide bonds. The molecule has 0 atom stereocenters. The van der Waals surface area contributed by atoms with Crippen molar-refractivity contribution in [2.45, 2.75) is 19.5 Å². The van der Waals surface area contributed by atoms with Gasteiger partial charge in [-0.3, -0.25) is 9.69 Å². The minimum Gasteiger partial charge on any atom is -0.464 e. The third-order valence-electron chi connectivity index (χ3n) is 5.38. The first-order valence-corrected chi connectivity index (χ1v) is 9.70. The maximum Gasteiger partial charge on any atom is 0.197 e. The van der Waals surface area contributed by atoms with Gasteiger partial charge in [-0.15, -0.1) is 0 Å². The molecule has 0 bridgehead atoms. The van der Waals surface area contributed by atoms with Crippen molar-refractivity contribution in [3.63, 3.8) is 0 Å². The number of nitrogens with two attached hydrogens (primary N) is 1. The predicted octanol–water partition coefficient (Wildman–Crippen LogP) is 3.53. The molecule has 1 aliphatic heterocycles. The van der Waals surface area contributed by atoms with Gasteiger partial charge in [-0.25, -0.2) is 14.4 Å². The van der Waals surface area contributed by atoms with Crippen molar-refractivity contribution >= 4 is 16.7 Å². The monoisotopic (exact) mass is 402 g/mol. The van der Waals surface area contributed by atoms with Gasteiger partial charge < -0.3 is 10.2 Å². The minimum absolute atomic E-state index is 0.198. The molecule has 6 nitrogen and oxygen atoms in total. The average molecular weight is 402 g/mol. The van der Waals surface area contributed by atoms with E-state index in [4.69, 9.17) is 15.1 Å². The van der Waals surface area contributed by atoms with E-state index >= 15 is 0 Å². The van der Waals surface area contributed by atoms with Crippen molar-refractivity contribution in [1.29, 1.82) is 0 Å². The van der Waals surface area contributed by atoms with E-state index in [-0.39, 0.29) is 10.8 Å². The number of benzene rings is 2. The molecule has 0 spiro atoms. The first kappa shape index (κ1) is 18.4. The van der Waals surface area contributed by atoms with Crippen LogP contribution in [0.5, 0.6) is 0 Å². The molecule has 0 radical (unpaired) electrons. The fourth-order valence-corrected chi connectivity index (χ4v) is 3.77. The lowest BCUT2D eigenvalue weighted by Crippen LogP contribution is -2.32. The molecule has 30 heavy (non-hydrogen) atoms. The summed E-state index contributed by atoms with van der Waals surface area (Å²) in [6.45, 7) is 1.82. The SMILES string of the molecule is Nc1ccc(-c2ncc3c(n2)CCN(Cc2coc4ccc(F)cc4c2=O)C3)cc1. The van der Waals surface area contributed by atoms with Crippen LogP contribution in [0, 0.1) is 5.82 Å². The lowest BCUT2D eigenvalue weighted by molar-refractivity contribution is 0.240. The largest absolute Gasteiger partial charge is 0.464 e. The Labute approximate surface area is 171 Å². The number of nitrogen functional groups attached to an aromatic ring is 1. The molecule has 2 N–H and O–H groups in total. The Bertz CT molecular complexity index is 1300. The molecule has 3 heterocycles. The van der Waals surface area contributed by atoms with Crippen molar-refractivity contribution < 1.29 is 8.81 Å². The van der Waals surface area contributed by atoms with Gasteiger partial charge in [0.25, 0.3) is 0 Å². The number of hydrogen-bond acceptors (Lipinski definition) is 6. The summed E-state index contributed by atoms with van der Waals surface area (Å²) in [5, 5.41) is 0.265. The fourth-order valence-electron chi connectivity index (χ4n) is 3.77. The smallest absolute Gasteiger partial charge is 0.197 e. The second kappa shape index (κ2) is 7.35.